The molecule has 2 aromatic rings. The predicted octanol–water partition coefficient (Wildman–Crippen LogP) is 3.18. The maximum Gasteiger partial charge on any atom is 0.185 e. The fourth-order valence-corrected chi connectivity index (χ4v) is 2.29. The van der Waals surface area contributed by atoms with Gasteiger partial charge in [-0.05, 0) is 6.92 Å². The van der Waals surface area contributed by atoms with E-state index in [1.807, 2.05) is 37.2 Å². The Morgan fingerprint density at radius 2 is 1.80 bits per heavy atom. The summed E-state index contributed by atoms with van der Waals surface area (Å²) in [5, 5.41) is 1.06. The number of thiazole rings is 1. The number of benzene rings is 1. The molecule has 15 heavy (non-hydrogen) atoms. The molecule has 0 unspecified atom stereocenters. The largest absolute Gasteiger partial charge is 0.354 e. The Morgan fingerprint density at radius 1 is 1.13 bits per heavy atom. The van der Waals surface area contributed by atoms with E-state index in [0.29, 0.717) is 0 Å². The first kappa shape index (κ1) is 10.2. The van der Waals surface area contributed by atoms with Crippen LogP contribution in [0.2, 0.25) is 0 Å². The van der Waals surface area contributed by atoms with Gasteiger partial charge in [-0.1, -0.05) is 30.3 Å². The van der Waals surface area contributed by atoms with E-state index < -0.39 is 0 Å². The first-order chi connectivity index (χ1) is 7.18. The Bertz CT molecular complexity index is 446. The van der Waals surface area contributed by atoms with Gasteiger partial charge in [0.1, 0.15) is 0 Å². The van der Waals surface area contributed by atoms with Gasteiger partial charge in [0, 0.05) is 24.5 Å². The number of aromatic nitrogens is 1. The lowest BCUT2D eigenvalue weighted by Crippen LogP contribution is -2.07. The molecule has 0 N–H and O–H groups in total. The van der Waals surface area contributed by atoms with Crippen molar-refractivity contribution >= 4 is 16.5 Å². The SMILES string of the molecule is Cc1sc(N(C)C)nc1-c1ccccc1. The summed E-state index contributed by atoms with van der Waals surface area (Å²) in [5.74, 6) is 0. The standard InChI is InChI=1S/C12H14N2S/c1-9-11(10-7-5-4-6-8-10)13-12(15-9)14(2)3/h4-8H,1-3H3. The average Bonchev–Trinajstić information content (AvgIpc) is 2.62. The van der Waals surface area contributed by atoms with Crippen LogP contribution in [0, 0.1) is 6.92 Å². The highest BCUT2D eigenvalue weighted by molar-refractivity contribution is 7.16. The Hall–Kier alpha value is -1.35. The molecule has 0 amide bonds. The highest BCUT2D eigenvalue weighted by Gasteiger charge is 2.09. The van der Waals surface area contributed by atoms with Gasteiger partial charge in [0.25, 0.3) is 0 Å². The van der Waals surface area contributed by atoms with Crippen LogP contribution >= 0.6 is 11.3 Å². The van der Waals surface area contributed by atoms with Crippen molar-refractivity contribution in [1.82, 2.24) is 4.98 Å². The molecule has 0 aliphatic rings. The second-order valence-electron chi connectivity index (χ2n) is 3.66. The highest BCUT2D eigenvalue weighted by Crippen LogP contribution is 2.31. The van der Waals surface area contributed by atoms with Gasteiger partial charge in [-0.2, -0.15) is 0 Å². The van der Waals surface area contributed by atoms with Crippen molar-refractivity contribution in [3.63, 3.8) is 0 Å². The summed E-state index contributed by atoms with van der Waals surface area (Å²) in [6.07, 6.45) is 0. The summed E-state index contributed by atoms with van der Waals surface area (Å²) >= 11 is 1.73. The molecule has 0 spiro atoms. The van der Waals surface area contributed by atoms with Crippen LogP contribution in [0.5, 0.6) is 0 Å². The third kappa shape index (κ3) is 2.02. The Labute approximate surface area is 94.2 Å². The van der Waals surface area contributed by atoms with E-state index in [9.17, 15) is 0 Å². The minimum Gasteiger partial charge on any atom is -0.354 e. The predicted molar refractivity (Wildman–Crippen MR) is 66.6 cm³/mol. The number of hydrogen-bond donors (Lipinski definition) is 0. The molecule has 0 saturated carbocycles. The fraction of sp³-hybridized carbons (Fsp3) is 0.250. The molecule has 3 heteroatoms. The summed E-state index contributed by atoms with van der Waals surface area (Å²) in [6, 6.07) is 10.3. The second-order valence-corrected chi connectivity index (χ2v) is 4.84. The van der Waals surface area contributed by atoms with Crippen molar-refractivity contribution in [2.45, 2.75) is 6.92 Å². The van der Waals surface area contributed by atoms with E-state index in [0.717, 1.165) is 10.8 Å². The highest BCUT2D eigenvalue weighted by atomic mass is 32.1. The van der Waals surface area contributed by atoms with Gasteiger partial charge in [0.2, 0.25) is 0 Å². The summed E-state index contributed by atoms with van der Waals surface area (Å²) in [6.45, 7) is 2.12. The summed E-state index contributed by atoms with van der Waals surface area (Å²) in [7, 11) is 4.04. The van der Waals surface area contributed by atoms with Gasteiger partial charge in [-0.15, -0.1) is 11.3 Å². The lowest BCUT2D eigenvalue weighted by molar-refractivity contribution is 1.11. The first-order valence-electron chi connectivity index (χ1n) is 4.88. The van der Waals surface area contributed by atoms with Gasteiger partial charge in [-0.3, -0.25) is 0 Å². The zero-order valence-corrected chi connectivity index (χ0v) is 10.0. The fourth-order valence-electron chi connectivity index (χ4n) is 1.44. The van der Waals surface area contributed by atoms with Gasteiger partial charge >= 0.3 is 0 Å². The Kier molecular flexibility index (Phi) is 2.73. The molecular formula is C12H14N2S. The van der Waals surface area contributed by atoms with Crippen molar-refractivity contribution in [2.75, 3.05) is 19.0 Å². The maximum absolute atomic E-state index is 4.62. The van der Waals surface area contributed by atoms with Crippen LogP contribution in [-0.2, 0) is 0 Å². The molecule has 2 rings (SSSR count). The van der Waals surface area contributed by atoms with E-state index in [2.05, 4.69) is 24.0 Å². The quantitative estimate of drug-likeness (QED) is 0.769. The van der Waals surface area contributed by atoms with E-state index in [4.69, 9.17) is 0 Å². The molecule has 1 heterocycles. The van der Waals surface area contributed by atoms with Gasteiger partial charge < -0.3 is 4.90 Å². The Morgan fingerprint density at radius 3 is 2.33 bits per heavy atom. The minimum atomic E-state index is 1.06. The number of rotatable bonds is 2. The third-order valence-electron chi connectivity index (χ3n) is 2.22. The van der Waals surface area contributed by atoms with E-state index in [-0.39, 0.29) is 0 Å². The topological polar surface area (TPSA) is 16.1 Å². The van der Waals surface area contributed by atoms with Gasteiger partial charge in [-0.25, -0.2) is 4.98 Å². The molecule has 0 aliphatic heterocycles. The molecule has 78 valence electrons. The zero-order valence-electron chi connectivity index (χ0n) is 9.19. The summed E-state index contributed by atoms with van der Waals surface area (Å²) in [4.78, 5) is 7.94. The number of anilines is 1. The van der Waals surface area contributed by atoms with Crippen LogP contribution in [0.4, 0.5) is 5.13 Å². The van der Waals surface area contributed by atoms with E-state index >= 15 is 0 Å². The molecule has 1 aromatic heterocycles. The first-order valence-corrected chi connectivity index (χ1v) is 5.70. The lowest BCUT2D eigenvalue weighted by Gasteiger charge is -2.05. The van der Waals surface area contributed by atoms with Crippen LogP contribution in [-0.4, -0.2) is 19.1 Å². The molecule has 0 saturated heterocycles. The average molecular weight is 218 g/mol. The maximum atomic E-state index is 4.62. The Balaban J connectivity index is 2.45. The molecule has 0 radical (unpaired) electrons. The van der Waals surface area contributed by atoms with Crippen LogP contribution in [0.1, 0.15) is 4.88 Å². The second kappa shape index (κ2) is 4.03. The molecule has 0 aliphatic carbocycles. The number of aryl methyl sites for hydroxylation is 1. The van der Waals surface area contributed by atoms with Gasteiger partial charge in [0.15, 0.2) is 5.13 Å². The normalized spacial score (nSPS) is 10.3. The number of nitrogens with zero attached hydrogens (tertiary/aromatic N) is 2. The van der Waals surface area contributed by atoms with Crippen LogP contribution in [0.3, 0.4) is 0 Å². The van der Waals surface area contributed by atoms with Crippen molar-refractivity contribution in [2.24, 2.45) is 0 Å². The van der Waals surface area contributed by atoms with E-state index in [1.165, 1.54) is 10.4 Å². The summed E-state index contributed by atoms with van der Waals surface area (Å²) in [5.41, 5.74) is 2.30. The number of hydrogen-bond acceptors (Lipinski definition) is 3. The lowest BCUT2D eigenvalue weighted by atomic mass is 10.1. The molecular weight excluding hydrogens is 204 g/mol. The summed E-state index contributed by atoms with van der Waals surface area (Å²) < 4.78 is 0. The monoisotopic (exact) mass is 218 g/mol. The molecule has 0 atom stereocenters. The van der Waals surface area contributed by atoms with Crippen molar-refractivity contribution < 1.29 is 0 Å². The molecule has 2 nitrogen and oxygen atoms in total. The van der Waals surface area contributed by atoms with Crippen molar-refractivity contribution in [3.05, 3.63) is 35.2 Å². The van der Waals surface area contributed by atoms with Gasteiger partial charge in [0.05, 0.1) is 5.69 Å². The van der Waals surface area contributed by atoms with Crippen molar-refractivity contribution in [1.29, 1.82) is 0 Å². The smallest absolute Gasteiger partial charge is 0.185 e. The van der Waals surface area contributed by atoms with Crippen LogP contribution in [0.25, 0.3) is 11.3 Å². The van der Waals surface area contributed by atoms with Crippen molar-refractivity contribution in [3.8, 4) is 11.3 Å². The van der Waals surface area contributed by atoms with Crippen LogP contribution < -0.4 is 4.90 Å². The zero-order chi connectivity index (χ0) is 10.8. The molecule has 0 bridgehead atoms. The molecule has 0 fully saturated rings. The van der Waals surface area contributed by atoms with E-state index in [1.54, 1.807) is 11.3 Å². The molecule has 1 aromatic carbocycles. The van der Waals surface area contributed by atoms with Crippen LogP contribution in [0.15, 0.2) is 30.3 Å². The minimum absolute atomic E-state index is 1.06. The third-order valence-corrected chi connectivity index (χ3v) is 3.35.